The van der Waals surface area contributed by atoms with E-state index >= 15 is 0 Å². The monoisotopic (exact) mass is 416 g/mol. The molecule has 0 amide bonds. The summed E-state index contributed by atoms with van der Waals surface area (Å²) in [6.07, 6.45) is 5.40. The quantitative estimate of drug-likeness (QED) is 0.393. The van der Waals surface area contributed by atoms with Crippen LogP contribution in [0.2, 0.25) is 0 Å². The molecule has 0 aliphatic rings. The largest absolute Gasteiger partial charge is 0.255 e. The molecule has 0 saturated heterocycles. The molecule has 32 heavy (non-hydrogen) atoms. The van der Waals surface area contributed by atoms with E-state index < -0.39 is 0 Å². The molecule has 6 nitrogen and oxygen atoms in total. The summed E-state index contributed by atoms with van der Waals surface area (Å²) in [6.45, 7) is 3.99. The molecular formula is C26H20N6. The SMILES string of the molecule is Cc1ccc(-c2nc(-c3ccc(-c4ccccc4)nc3)nc(-c3ccc(C)cn3)n2)nc1. The van der Waals surface area contributed by atoms with E-state index in [0.717, 1.165) is 27.9 Å². The second-order valence-corrected chi connectivity index (χ2v) is 7.55. The van der Waals surface area contributed by atoms with Crippen molar-refractivity contribution in [2.45, 2.75) is 13.8 Å². The molecule has 0 aliphatic carbocycles. The lowest BCUT2D eigenvalue weighted by atomic mass is 10.1. The van der Waals surface area contributed by atoms with Gasteiger partial charge in [-0.25, -0.2) is 15.0 Å². The first-order valence-corrected chi connectivity index (χ1v) is 10.3. The normalized spacial score (nSPS) is 10.8. The van der Waals surface area contributed by atoms with Crippen molar-refractivity contribution in [3.05, 3.63) is 96.4 Å². The highest BCUT2D eigenvalue weighted by molar-refractivity contribution is 5.66. The van der Waals surface area contributed by atoms with Crippen LogP contribution < -0.4 is 0 Å². The third-order valence-corrected chi connectivity index (χ3v) is 5.01. The average Bonchev–Trinajstić information content (AvgIpc) is 2.85. The predicted octanol–water partition coefficient (Wildman–Crippen LogP) is 5.34. The highest BCUT2D eigenvalue weighted by Gasteiger charge is 2.14. The van der Waals surface area contributed by atoms with Crippen molar-refractivity contribution in [3.8, 4) is 45.7 Å². The summed E-state index contributed by atoms with van der Waals surface area (Å²) in [7, 11) is 0. The van der Waals surface area contributed by atoms with E-state index in [1.54, 1.807) is 18.6 Å². The van der Waals surface area contributed by atoms with Gasteiger partial charge in [0.15, 0.2) is 17.5 Å². The summed E-state index contributed by atoms with van der Waals surface area (Å²) in [5, 5.41) is 0. The Labute approximate surface area is 186 Å². The van der Waals surface area contributed by atoms with E-state index in [4.69, 9.17) is 9.97 Å². The minimum atomic E-state index is 0.500. The molecule has 0 atom stereocenters. The number of nitrogens with zero attached hydrogens (tertiary/aromatic N) is 6. The summed E-state index contributed by atoms with van der Waals surface area (Å²) >= 11 is 0. The minimum absolute atomic E-state index is 0.500. The molecule has 0 bridgehead atoms. The number of hydrogen-bond acceptors (Lipinski definition) is 6. The highest BCUT2D eigenvalue weighted by Crippen LogP contribution is 2.24. The zero-order chi connectivity index (χ0) is 21.9. The molecule has 0 saturated carbocycles. The van der Waals surface area contributed by atoms with Crippen molar-refractivity contribution in [3.63, 3.8) is 0 Å². The summed E-state index contributed by atoms with van der Waals surface area (Å²) in [5.41, 5.74) is 6.26. The van der Waals surface area contributed by atoms with Crippen LogP contribution in [0.5, 0.6) is 0 Å². The van der Waals surface area contributed by atoms with Gasteiger partial charge in [0.25, 0.3) is 0 Å². The maximum Gasteiger partial charge on any atom is 0.182 e. The Kier molecular flexibility index (Phi) is 5.17. The van der Waals surface area contributed by atoms with E-state index in [1.165, 1.54) is 0 Å². The standard InChI is InChI=1S/C26H20N6/c1-17-8-11-22(27-14-17)25-30-24(31-26(32-25)23-12-9-18(2)15-28-23)20-10-13-21(29-16-20)19-6-4-3-5-7-19/h3-16H,1-2H3. The first-order valence-electron chi connectivity index (χ1n) is 10.3. The molecule has 0 unspecified atom stereocenters. The Balaban J connectivity index is 1.60. The molecule has 0 radical (unpaired) electrons. The van der Waals surface area contributed by atoms with Gasteiger partial charge < -0.3 is 0 Å². The number of rotatable bonds is 4. The van der Waals surface area contributed by atoms with Crippen LogP contribution >= 0.6 is 0 Å². The lowest BCUT2D eigenvalue weighted by Gasteiger charge is -2.08. The van der Waals surface area contributed by atoms with Crippen LogP contribution in [0.15, 0.2) is 85.3 Å². The second kappa shape index (κ2) is 8.43. The van der Waals surface area contributed by atoms with Crippen LogP contribution in [-0.4, -0.2) is 29.9 Å². The van der Waals surface area contributed by atoms with Crippen LogP contribution in [0.4, 0.5) is 0 Å². The summed E-state index contributed by atoms with van der Waals surface area (Å²) in [5.74, 6) is 1.53. The lowest BCUT2D eigenvalue weighted by Crippen LogP contribution is -2.02. The van der Waals surface area contributed by atoms with Gasteiger partial charge in [-0.05, 0) is 49.2 Å². The van der Waals surface area contributed by atoms with E-state index in [-0.39, 0.29) is 0 Å². The predicted molar refractivity (Wildman–Crippen MR) is 124 cm³/mol. The summed E-state index contributed by atoms with van der Waals surface area (Å²) < 4.78 is 0. The molecule has 0 N–H and O–H groups in total. The molecule has 5 aromatic rings. The molecule has 5 rings (SSSR count). The molecule has 0 aliphatic heterocycles. The second-order valence-electron chi connectivity index (χ2n) is 7.55. The van der Waals surface area contributed by atoms with Gasteiger partial charge in [-0.2, -0.15) is 0 Å². The first kappa shape index (κ1) is 19.6. The van der Waals surface area contributed by atoms with Crippen molar-refractivity contribution in [2.24, 2.45) is 0 Å². The van der Waals surface area contributed by atoms with Gasteiger partial charge in [0.2, 0.25) is 0 Å². The Bertz CT molecular complexity index is 1280. The fourth-order valence-electron chi connectivity index (χ4n) is 3.24. The number of benzene rings is 1. The van der Waals surface area contributed by atoms with Gasteiger partial charge in [0.1, 0.15) is 11.4 Å². The Morgan fingerprint density at radius 1 is 0.438 bits per heavy atom. The Morgan fingerprint density at radius 3 is 1.47 bits per heavy atom. The van der Waals surface area contributed by atoms with E-state index in [9.17, 15) is 0 Å². The van der Waals surface area contributed by atoms with Gasteiger partial charge in [-0.15, -0.1) is 0 Å². The first-order chi connectivity index (χ1) is 15.7. The number of pyridine rings is 3. The summed E-state index contributed by atoms with van der Waals surface area (Å²) in [6, 6.07) is 21.8. The van der Waals surface area contributed by atoms with Gasteiger partial charge in [-0.3, -0.25) is 15.0 Å². The Hall–Kier alpha value is -4.32. The van der Waals surface area contributed by atoms with E-state index in [1.807, 2.05) is 80.6 Å². The molecular weight excluding hydrogens is 396 g/mol. The van der Waals surface area contributed by atoms with Crippen molar-refractivity contribution in [1.82, 2.24) is 29.9 Å². The number of aryl methyl sites for hydroxylation is 2. The lowest BCUT2D eigenvalue weighted by molar-refractivity contribution is 1.04. The Morgan fingerprint density at radius 2 is 0.969 bits per heavy atom. The van der Waals surface area contributed by atoms with Crippen molar-refractivity contribution < 1.29 is 0 Å². The molecule has 4 aromatic heterocycles. The zero-order valence-electron chi connectivity index (χ0n) is 17.8. The number of aromatic nitrogens is 6. The third-order valence-electron chi connectivity index (χ3n) is 5.01. The van der Waals surface area contributed by atoms with Gasteiger partial charge in [0, 0.05) is 29.7 Å². The van der Waals surface area contributed by atoms with Crippen molar-refractivity contribution >= 4 is 0 Å². The van der Waals surface area contributed by atoms with Crippen molar-refractivity contribution in [1.29, 1.82) is 0 Å². The van der Waals surface area contributed by atoms with Crippen LogP contribution in [0, 0.1) is 13.8 Å². The van der Waals surface area contributed by atoms with Crippen molar-refractivity contribution in [2.75, 3.05) is 0 Å². The minimum Gasteiger partial charge on any atom is -0.255 e. The van der Waals surface area contributed by atoms with E-state index in [0.29, 0.717) is 28.9 Å². The summed E-state index contributed by atoms with van der Waals surface area (Å²) in [4.78, 5) is 27.7. The molecule has 0 spiro atoms. The fourth-order valence-corrected chi connectivity index (χ4v) is 3.24. The van der Waals surface area contributed by atoms with Gasteiger partial charge >= 0.3 is 0 Å². The smallest absolute Gasteiger partial charge is 0.182 e. The maximum absolute atomic E-state index is 4.70. The maximum atomic E-state index is 4.70. The zero-order valence-corrected chi connectivity index (χ0v) is 17.8. The number of hydrogen-bond donors (Lipinski definition) is 0. The molecule has 154 valence electrons. The topological polar surface area (TPSA) is 77.3 Å². The highest BCUT2D eigenvalue weighted by atomic mass is 15.1. The average molecular weight is 416 g/mol. The fraction of sp³-hybridized carbons (Fsp3) is 0.0769. The van der Waals surface area contributed by atoms with Crippen LogP contribution in [0.1, 0.15) is 11.1 Å². The van der Waals surface area contributed by atoms with E-state index in [2.05, 4.69) is 19.9 Å². The molecule has 0 fully saturated rings. The van der Waals surface area contributed by atoms with Gasteiger partial charge in [-0.1, -0.05) is 42.5 Å². The van der Waals surface area contributed by atoms with Crippen LogP contribution in [0.3, 0.4) is 0 Å². The third kappa shape index (κ3) is 4.11. The molecule has 6 heteroatoms. The van der Waals surface area contributed by atoms with Crippen LogP contribution in [-0.2, 0) is 0 Å². The van der Waals surface area contributed by atoms with Gasteiger partial charge in [0.05, 0.1) is 5.69 Å². The van der Waals surface area contributed by atoms with Crippen LogP contribution in [0.25, 0.3) is 45.7 Å². The molecule has 1 aromatic carbocycles. The molecule has 4 heterocycles.